The SMILES string of the molecule is Cc1ccc(N(C2=CCCC=C2)c2ccc(C(=O)c3ccc(C(C)(C)C)cc3)cc2)cc1. The molecule has 0 aromatic heterocycles. The van der Waals surface area contributed by atoms with Crippen molar-refractivity contribution in [1.82, 2.24) is 0 Å². The molecular weight excluding hydrogens is 390 g/mol. The van der Waals surface area contributed by atoms with Crippen LogP contribution in [0.1, 0.15) is 60.7 Å². The Morgan fingerprint density at radius 3 is 1.78 bits per heavy atom. The van der Waals surface area contributed by atoms with E-state index in [1.54, 1.807) is 0 Å². The van der Waals surface area contributed by atoms with Crippen LogP contribution in [0.15, 0.2) is 96.7 Å². The van der Waals surface area contributed by atoms with Gasteiger partial charge in [-0.1, -0.05) is 74.9 Å². The molecule has 0 N–H and O–H groups in total. The standard InChI is InChI=1S/C30H31NO/c1-22-10-18-27(19-11-22)31(26-8-6-5-7-9-26)28-20-14-24(15-21-28)29(32)23-12-16-25(17-13-23)30(2,3)4/h6,8-21H,5,7H2,1-4H3. The number of aryl methyl sites for hydroxylation is 1. The molecule has 4 rings (SSSR count). The number of hydrogen-bond acceptors (Lipinski definition) is 2. The fourth-order valence-corrected chi connectivity index (χ4v) is 3.96. The summed E-state index contributed by atoms with van der Waals surface area (Å²) in [5.41, 5.74) is 7.29. The Morgan fingerprint density at radius 1 is 0.750 bits per heavy atom. The van der Waals surface area contributed by atoms with E-state index in [-0.39, 0.29) is 11.2 Å². The summed E-state index contributed by atoms with van der Waals surface area (Å²) in [5, 5.41) is 0. The van der Waals surface area contributed by atoms with Crippen LogP contribution in [0.4, 0.5) is 11.4 Å². The molecule has 0 heterocycles. The second kappa shape index (κ2) is 9.00. The first-order valence-electron chi connectivity index (χ1n) is 11.3. The van der Waals surface area contributed by atoms with Crippen LogP contribution in [0.25, 0.3) is 0 Å². The summed E-state index contributed by atoms with van der Waals surface area (Å²) in [6.45, 7) is 8.64. The summed E-state index contributed by atoms with van der Waals surface area (Å²) < 4.78 is 0. The van der Waals surface area contributed by atoms with E-state index < -0.39 is 0 Å². The second-order valence-corrected chi connectivity index (χ2v) is 9.48. The number of ketones is 1. The number of rotatable bonds is 5. The van der Waals surface area contributed by atoms with Crippen molar-refractivity contribution in [1.29, 1.82) is 0 Å². The third-order valence-corrected chi connectivity index (χ3v) is 5.93. The van der Waals surface area contributed by atoms with Crippen LogP contribution in [0.3, 0.4) is 0 Å². The highest BCUT2D eigenvalue weighted by atomic mass is 16.1. The Morgan fingerprint density at radius 2 is 1.28 bits per heavy atom. The predicted octanol–water partition coefficient (Wildman–Crippen LogP) is 7.90. The van der Waals surface area contributed by atoms with Crippen LogP contribution in [0, 0.1) is 6.92 Å². The van der Waals surface area contributed by atoms with Gasteiger partial charge in [-0.25, -0.2) is 0 Å². The van der Waals surface area contributed by atoms with Crippen molar-refractivity contribution < 1.29 is 4.79 Å². The van der Waals surface area contributed by atoms with Gasteiger partial charge in [0, 0.05) is 28.2 Å². The molecule has 0 bridgehead atoms. The molecule has 0 saturated heterocycles. The first-order chi connectivity index (χ1) is 15.3. The van der Waals surface area contributed by atoms with Gasteiger partial charge in [-0.2, -0.15) is 0 Å². The van der Waals surface area contributed by atoms with Gasteiger partial charge in [-0.05, 0) is 73.2 Å². The Hall–Kier alpha value is -3.39. The monoisotopic (exact) mass is 421 g/mol. The minimum atomic E-state index is 0.0515. The lowest BCUT2D eigenvalue weighted by atomic mass is 9.86. The molecule has 0 fully saturated rings. The number of allylic oxidation sites excluding steroid dienone is 3. The average molecular weight is 422 g/mol. The van der Waals surface area contributed by atoms with Crippen LogP contribution in [0.2, 0.25) is 0 Å². The number of benzene rings is 3. The van der Waals surface area contributed by atoms with Gasteiger partial charge in [-0.3, -0.25) is 4.79 Å². The van der Waals surface area contributed by atoms with Gasteiger partial charge in [0.15, 0.2) is 5.78 Å². The zero-order valence-electron chi connectivity index (χ0n) is 19.4. The fraction of sp³-hybridized carbons (Fsp3) is 0.233. The molecular formula is C30H31NO. The summed E-state index contributed by atoms with van der Waals surface area (Å²) >= 11 is 0. The number of carbonyl (C=O) groups is 1. The Balaban J connectivity index is 1.63. The smallest absolute Gasteiger partial charge is 0.193 e. The lowest BCUT2D eigenvalue weighted by Crippen LogP contribution is -2.16. The summed E-state index contributed by atoms with van der Waals surface area (Å²) in [6, 6.07) is 24.5. The van der Waals surface area contributed by atoms with Crippen molar-refractivity contribution in [3.05, 3.63) is 119 Å². The zero-order chi connectivity index (χ0) is 22.7. The maximum absolute atomic E-state index is 13.1. The highest BCUT2D eigenvalue weighted by Crippen LogP contribution is 2.32. The van der Waals surface area contributed by atoms with Crippen molar-refractivity contribution in [2.75, 3.05) is 4.90 Å². The summed E-state index contributed by atoms with van der Waals surface area (Å²) in [5.74, 6) is 0.0515. The van der Waals surface area contributed by atoms with Gasteiger partial charge in [-0.15, -0.1) is 0 Å². The molecule has 2 heteroatoms. The maximum atomic E-state index is 13.1. The van der Waals surface area contributed by atoms with Crippen LogP contribution >= 0.6 is 0 Å². The van der Waals surface area contributed by atoms with E-state index in [0.717, 1.165) is 35.5 Å². The molecule has 0 saturated carbocycles. The Bertz CT molecular complexity index is 1140. The molecule has 162 valence electrons. The van der Waals surface area contributed by atoms with Crippen LogP contribution < -0.4 is 4.90 Å². The van der Waals surface area contributed by atoms with E-state index in [4.69, 9.17) is 0 Å². The quantitative estimate of drug-likeness (QED) is 0.390. The topological polar surface area (TPSA) is 20.3 Å². The maximum Gasteiger partial charge on any atom is 0.193 e. The first kappa shape index (κ1) is 21.8. The van der Waals surface area contributed by atoms with Gasteiger partial charge in [0.05, 0.1) is 0 Å². The Labute approximate surface area is 191 Å². The third kappa shape index (κ3) is 4.75. The van der Waals surface area contributed by atoms with E-state index in [1.807, 2.05) is 36.4 Å². The van der Waals surface area contributed by atoms with E-state index in [0.29, 0.717) is 5.56 Å². The van der Waals surface area contributed by atoms with E-state index in [1.165, 1.54) is 11.1 Å². The number of carbonyl (C=O) groups excluding carboxylic acids is 1. The second-order valence-electron chi connectivity index (χ2n) is 9.48. The lowest BCUT2D eigenvalue weighted by Gasteiger charge is -2.28. The van der Waals surface area contributed by atoms with Crippen molar-refractivity contribution >= 4 is 17.2 Å². The van der Waals surface area contributed by atoms with Crippen LogP contribution in [-0.2, 0) is 5.41 Å². The number of hydrogen-bond donors (Lipinski definition) is 0. The molecule has 3 aromatic carbocycles. The predicted molar refractivity (Wildman–Crippen MR) is 135 cm³/mol. The highest BCUT2D eigenvalue weighted by Gasteiger charge is 2.17. The average Bonchev–Trinajstić information content (AvgIpc) is 2.81. The van der Waals surface area contributed by atoms with Gasteiger partial charge >= 0.3 is 0 Å². The molecule has 0 unspecified atom stereocenters. The summed E-state index contributed by atoms with van der Waals surface area (Å²) in [4.78, 5) is 15.3. The van der Waals surface area contributed by atoms with Crippen LogP contribution in [-0.4, -0.2) is 5.78 Å². The molecule has 0 spiro atoms. The molecule has 0 aliphatic heterocycles. The number of anilines is 2. The molecule has 2 nitrogen and oxygen atoms in total. The van der Waals surface area contributed by atoms with E-state index >= 15 is 0 Å². The van der Waals surface area contributed by atoms with Crippen molar-refractivity contribution in [2.45, 2.75) is 46.0 Å². The largest absolute Gasteiger partial charge is 0.311 e. The van der Waals surface area contributed by atoms with Crippen molar-refractivity contribution in [2.24, 2.45) is 0 Å². The molecule has 0 radical (unpaired) electrons. The van der Waals surface area contributed by atoms with Crippen LogP contribution in [0.5, 0.6) is 0 Å². The summed E-state index contributed by atoms with van der Waals surface area (Å²) in [6.07, 6.45) is 8.78. The molecule has 32 heavy (non-hydrogen) atoms. The lowest BCUT2D eigenvalue weighted by molar-refractivity contribution is 0.103. The molecule has 3 aromatic rings. The van der Waals surface area contributed by atoms with Gasteiger partial charge in [0.1, 0.15) is 0 Å². The highest BCUT2D eigenvalue weighted by molar-refractivity contribution is 6.09. The first-order valence-corrected chi connectivity index (χ1v) is 11.3. The molecule has 1 aliphatic carbocycles. The van der Waals surface area contributed by atoms with Crippen molar-refractivity contribution in [3.8, 4) is 0 Å². The van der Waals surface area contributed by atoms with E-state index in [9.17, 15) is 4.79 Å². The summed E-state index contributed by atoms with van der Waals surface area (Å²) in [7, 11) is 0. The Kier molecular flexibility index (Phi) is 6.14. The van der Waals surface area contributed by atoms with Crippen molar-refractivity contribution in [3.63, 3.8) is 0 Å². The normalized spacial score (nSPS) is 13.6. The third-order valence-electron chi connectivity index (χ3n) is 5.93. The molecule has 1 aliphatic rings. The fourth-order valence-electron chi connectivity index (χ4n) is 3.96. The minimum absolute atomic E-state index is 0.0515. The number of nitrogens with zero attached hydrogens (tertiary/aromatic N) is 1. The molecule has 0 atom stereocenters. The van der Waals surface area contributed by atoms with Gasteiger partial charge in [0.25, 0.3) is 0 Å². The van der Waals surface area contributed by atoms with Gasteiger partial charge in [0.2, 0.25) is 0 Å². The van der Waals surface area contributed by atoms with Gasteiger partial charge < -0.3 is 4.90 Å². The minimum Gasteiger partial charge on any atom is -0.311 e. The molecule has 0 amide bonds. The van der Waals surface area contributed by atoms with E-state index in [2.05, 4.69) is 87.2 Å². The zero-order valence-corrected chi connectivity index (χ0v) is 19.4.